The van der Waals surface area contributed by atoms with Gasteiger partial charge in [-0.3, -0.25) is 9.59 Å². The third-order valence-electron chi connectivity index (χ3n) is 4.25. The number of aromatic amines is 1. The molecule has 0 aromatic carbocycles. The van der Waals surface area contributed by atoms with Crippen molar-refractivity contribution in [2.24, 2.45) is 0 Å². The van der Waals surface area contributed by atoms with Crippen molar-refractivity contribution in [2.75, 3.05) is 20.1 Å². The number of hydrogen-bond donors (Lipinski definition) is 2. The Kier molecular flexibility index (Phi) is 5.56. The number of nitrogens with one attached hydrogen (secondary N) is 2. The van der Waals surface area contributed by atoms with Crippen LogP contribution in [0.2, 0.25) is 0 Å². The summed E-state index contributed by atoms with van der Waals surface area (Å²) in [5, 5.41) is 2.83. The molecule has 5 heteroatoms. The van der Waals surface area contributed by atoms with Gasteiger partial charge in [0.05, 0.1) is 0 Å². The zero-order valence-corrected chi connectivity index (χ0v) is 12.9. The zero-order valence-electron chi connectivity index (χ0n) is 12.9. The summed E-state index contributed by atoms with van der Waals surface area (Å²) in [4.78, 5) is 28.6. The second kappa shape index (κ2) is 7.41. The van der Waals surface area contributed by atoms with Crippen LogP contribution in [0, 0.1) is 6.92 Å². The molecule has 1 amide bonds. The molecule has 116 valence electrons. The second-order valence-corrected chi connectivity index (χ2v) is 5.91. The molecular formula is C16H25N3O2. The van der Waals surface area contributed by atoms with Crippen LogP contribution >= 0.6 is 0 Å². The van der Waals surface area contributed by atoms with E-state index in [2.05, 4.69) is 22.2 Å². The standard InChI is InChI=1S/C16H25N3O2/c1-12-8-9-14(16(21)18-12)15(20)17-10-11-19(2)13-6-4-3-5-7-13/h8-9,13H,3-7,10-11H2,1-2H3,(H,17,20)(H,18,21). The quantitative estimate of drug-likeness (QED) is 0.867. The van der Waals surface area contributed by atoms with E-state index >= 15 is 0 Å². The van der Waals surface area contributed by atoms with Gasteiger partial charge >= 0.3 is 0 Å². The van der Waals surface area contributed by atoms with Crippen molar-refractivity contribution in [3.8, 4) is 0 Å². The Bertz CT molecular complexity index is 533. The van der Waals surface area contributed by atoms with E-state index < -0.39 is 0 Å². The van der Waals surface area contributed by atoms with Crippen LogP contribution in [0.15, 0.2) is 16.9 Å². The second-order valence-electron chi connectivity index (χ2n) is 5.91. The minimum atomic E-state index is -0.326. The zero-order chi connectivity index (χ0) is 15.2. The first-order chi connectivity index (χ1) is 10.1. The van der Waals surface area contributed by atoms with Crippen LogP contribution < -0.4 is 10.9 Å². The Labute approximate surface area is 125 Å². The molecular weight excluding hydrogens is 266 g/mol. The number of carbonyl (C=O) groups excluding carboxylic acids is 1. The first kappa shape index (κ1) is 15.8. The van der Waals surface area contributed by atoms with Crippen molar-refractivity contribution < 1.29 is 4.79 Å². The Hall–Kier alpha value is -1.62. The van der Waals surface area contributed by atoms with Crippen LogP contribution in [0.25, 0.3) is 0 Å². The summed E-state index contributed by atoms with van der Waals surface area (Å²) in [7, 11) is 2.11. The highest BCUT2D eigenvalue weighted by molar-refractivity contribution is 5.93. The van der Waals surface area contributed by atoms with E-state index in [1.54, 1.807) is 19.1 Å². The number of aromatic nitrogens is 1. The van der Waals surface area contributed by atoms with Crippen LogP contribution in [-0.4, -0.2) is 42.0 Å². The van der Waals surface area contributed by atoms with E-state index in [9.17, 15) is 9.59 Å². The molecule has 0 saturated heterocycles. The molecule has 2 N–H and O–H groups in total. The van der Waals surface area contributed by atoms with Gasteiger partial charge in [-0.2, -0.15) is 0 Å². The van der Waals surface area contributed by atoms with Gasteiger partial charge in [0.2, 0.25) is 0 Å². The summed E-state index contributed by atoms with van der Waals surface area (Å²) in [5.41, 5.74) is 0.614. The minimum absolute atomic E-state index is 0.181. The van der Waals surface area contributed by atoms with Crippen LogP contribution in [0.4, 0.5) is 0 Å². The number of nitrogens with zero attached hydrogens (tertiary/aromatic N) is 1. The lowest BCUT2D eigenvalue weighted by atomic mass is 9.94. The molecule has 1 saturated carbocycles. The van der Waals surface area contributed by atoms with E-state index in [0.717, 1.165) is 12.2 Å². The van der Waals surface area contributed by atoms with Crippen molar-refractivity contribution in [3.63, 3.8) is 0 Å². The van der Waals surface area contributed by atoms with E-state index in [-0.39, 0.29) is 17.0 Å². The highest BCUT2D eigenvalue weighted by Crippen LogP contribution is 2.21. The van der Waals surface area contributed by atoms with Gasteiger partial charge in [0.25, 0.3) is 11.5 Å². The Morgan fingerprint density at radius 3 is 2.71 bits per heavy atom. The first-order valence-corrected chi connectivity index (χ1v) is 7.76. The lowest BCUT2D eigenvalue weighted by Crippen LogP contribution is -2.40. The fraction of sp³-hybridized carbons (Fsp3) is 0.625. The summed E-state index contributed by atoms with van der Waals surface area (Å²) in [6.07, 6.45) is 6.46. The largest absolute Gasteiger partial charge is 0.351 e. The SMILES string of the molecule is Cc1ccc(C(=O)NCCN(C)C2CCCCC2)c(=O)[nH]1. The van der Waals surface area contributed by atoms with Crippen LogP contribution in [-0.2, 0) is 0 Å². The summed E-state index contributed by atoms with van der Waals surface area (Å²) < 4.78 is 0. The third kappa shape index (κ3) is 4.43. The van der Waals surface area contributed by atoms with Gasteiger partial charge in [-0.1, -0.05) is 19.3 Å². The molecule has 5 nitrogen and oxygen atoms in total. The van der Waals surface area contributed by atoms with Crippen LogP contribution in [0.3, 0.4) is 0 Å². The molecule has 0 bridgehead atoms. The molecule has 0 atom stereocenters. The number of likely N-dealkylation sites (N-methyl/N-ethyl adjacent to an activating group) is 1. The van der Waals surface area contributed by atoms with Crippen molar-refractivity contribution in [3.05, 3.63) is 33.7 Å². The van der Waals surface area contributed by atoms with Gasteiger partial charge in [0.15, 0.2) is 0 Å². The highest BCUT2D eigenvalue weighted by atomic mass is 16.2. The average molecular weight is 291 g/mol. The molecule has 21 heavy (non-hydrogen) atoms. The molecule has 0 unspecified atom stereocenters. The van der Waals surface area contributed by atoms with Gasteiger partial charge < -0.3 is 15.2 Å². The molecule has 1 aliphatic rings. The monoisotopic (exact) mass is 291 g/mol. The average Bonchev–Trinajstić information content (AvgIpc) is 2.47. The Morgan fingerprint density at radius 1 is 1.33 bits per heavy atom. The number of H-pyrrole nitrogens is 1. The van der Waals surface area contributed by atoms with Crippen molar-refractivity contribution >= 4 is 5.91 Å². The van der Waals surface area contributed by atoms with Gasteiger partial charge in [-0.25, -0.2) is 0 Å². The van der Waals surface area contributed by atoms with E-state index in [1.165, 1.54) is 32.1 Å². The number of hydrogen-bond acceptors (Lipinski definition) is 3. The molecule has 1 aromatic rings. The van der Waals surface area contributed by atoms with Gasteiger partial charge in [0, 0.05) is 24.8 Å². The molecule has 0 radical (unpaired) electrons. The number of aryl methyl sites for hydroxylation is 1. The fourth-order valence-corrected chi connectivity index (χ4v) is 2.90. The molecule has 1 aromatic heterocycles. The predicted octanol–water partition coefficient (Wildman–Crippen LogP) is 1.68. The highest BCUT2D eigenvalue weighted by Gasteiger charge is 2.18. The summed E-state index contributed by atoms with van der Waals surface area (Å²) in [6, 6.07) is 3.96. The van der Waals surface area contributed by atoms with Crippen molar-refractivity contribution in [1.29, 1.82) is 0 Å². The van der Waals surface area contributed by atoms with Crippen LogP contribution in [0.5, 0.6) is 0 Å². The molecule has 0 aliphatic heterocycles. The number of rotatable bonds is 5. The van der Waals surface area contributed by atoms with Gasteiger partial charge in [0.1, 0.15) is 5.56 Å². The van der Waals surface area contributed by atoms with Crippen molar-refractivity contribution in [1.82, 2.24) is 15.2 Å². The molecule has 1 aliphatic carbocycles. The lowest BCUT2D eigenvalue weighted by molar-refractivity contribution is 0.0943. The summed E-state index contributed by atoms with van der Waals surface area (Å²) in [5.74, 6) is -0.298. The van der Waals surface area contributed by atoms with Crippen molar-refractivity contribution in [2.45, 2.75) is 45.1 Å². The number of pyridine rings is 1. The van der Waals surface area contributed by atoms with E-state index in [1.807, 2.05) is 0 Å². The smallest absolute Gasteiger partial charge is 0.260 e. The maximum absolute atomic E-state index is 12.0. The third-order valence-corrected chi connectivity index (χ3v) is 4.25. The van der Waals surface area contributed by atoms with E-state index in [0.29, 0.717) is 12.6 Å². The first-order valence-electron chi connectivity index (χ1n) is 7.76. The molecule has 0 spiro atoms. The normalized spacial score (nSPS) is 16.1. The van der Waals surface area contributed by atoms with E-state index in [4.69, 9.17) is 0 Å². The molecule has 1 fully saturated rings. The number of amides is 1. The van der Waals surface area contributed by atoms with Gasteiger partial charge in [-0.15, -0.1) is 0 Å². The maximum atomic E-state index is 12.0. The van der Waals surface area contributed by atoms with Crippen LogP contribution in [0.1, 0.15) is 48.2 Å². The Balaban J connectivity index is 1.79. The lowest BCUT2D eigenvalue weighted by Gasteiger charge is -2.31. The summed E-state index contributed by atoms with van der Waals surface area (Å²) in [6.45, 7) is 3.18. The number of carbonyl (C=O) groups is 1. The topological polar surface area (TPSA) is 65.2 Å². The summed E-state index contributed by atoms with van der Waals surface area (Å²) >= 11 is 0. The Morgan fingerprint density at radius 2 is 2.05 bits per heavy atom. The fourth-order valence-electron chi connectivity index (χ4n) is 2.90. The predicted molar refractivity (Wildman–Crippen MR) is 83.6 cm³/mol. The molecule has 2 rings (SSSR count). The van der Waals surface area contributed by atoms with Gasteiger partial charge in [-0.05, 0) is 38.9 Å². The maximum Gasteiger partial charge on any atom is 0.260 e. The molecule has 1 heterocycles. The minimum Gasteiger partial charge on any atom is -0.351 e.